The van der Waals surface area contributed by atoms with E-state index in [2.05, 4.69) is 34.1 Å². The molecule has 0 saturated heterocycles. The standard InChI is InChI=1S/C21H23N3O3S/c1-15-5-4-6-17(11-15)13-22-18-7-10-21(23-14-18)24-28(25,26)19-8-9-20(27-3)16(2)12-19/h4-12,14,22H,13H2,1-3H3,(H,23,24). The van der Waals surface area contributed by atoms with Gasteiger partial charge in [0.25, 0.3) is 10.0 Å². The first kappa shape index (κ1) is 19.7. The molecule has 1 aromatic heterocycles. The first-order valence-electron chi connectivity index (χ1n) is 8.80. The molecule has 0 aliphatic heterocycles. The van der Waals surface area contributed by atoms with Crippen molar-refractivity contribution in [3.63, 3.8) is 0 Å². The monoisotopic (exact) mass is 397 g/mol. The molecular weight excluding hydrogens is 374 g/mol. The number of aromatic nitrogens is 1. The number of nitrogens with one attached hydrogen (secondary N) is 2. The first-order chi connectivity index (χ1) is 13.4. The van der Waals surface area contributed by atoms with E-state index in [1.54, 1.807) is 44.5 Å². The topological polar surface area (TPSA) is 80.3 Å². The van der Waals surface area contributed by atoms with Crippen molar-refractivity contribution in [2.45, 2.75) is 25.3 Å². The van der Waals surface area contributed by atoms with E-state index < -0.39 is 10.0 Å². The first-order valence-corrected chi connectivity index (χ1v) is 10.3. The Labute approximate surface area is 165 Å². The zero-order valence-corrected chi connectivity index (χ0v) is 16.9. The molecule has 0 amide bonds. The summed E-state index contributed by atoms with van der Waals surface area (Å²) < 4.78 is 32.8. The van der Waals surface area contributed by atoms with Crippen LogP contribution in [-0.2, 0) is 16.6 Å². The van der Waals surface area contributed by atoms with Gasteiger partial charge < -0.3 is 10.1 Å². The summed E-state index contributed by atoms with van der Waals surface area (Å²) in [6, 6.07) is 16.4. The molecule has 0 aliphatic carbocycles. The molecule has 2 N–H and O–H groups in total. The lowest BCUT2D eigenvalue weighted by Crippen LogP contribution is -2.14. The molecule has 28 heavy (non-hydrogen) atoms. The Morgan fingerprint density at radius 1 is 1.04 bits per heavy atom. The fraction of sp³-hybridized carbons (Fsp3) is 0.190. The Balaban J connectivity index is 1.67. The lowest BCUT2D eigenvalue weighted by Gasteiger charge is -2.11. The average molecular weight is 398 g/mol. The van der Waals surface area contributed by atoms with Crippen LogP contribution in [0.2, 0.25) is 0 Å². The number of sulfonamides is 1. The molecule has 7 heteroatoms. The third-order valence-corrected chi connectivity index (χ3v) is 5.61. The fourth-order valence-electron chi connectivity index (χ4n) is 2.80. The Hall–Kier alpha value is -3.06. The normalized spacial score (nSPS) is 11.1. The molecule has 0 saturated carbocycles. The minimum absolute atomic E-state index is 0.161. The van der Waals surface area contributed by atoms with Gasteiger partial charge in [-0.25, -0.2) is 13.4 Å². The molecule has 0 unspecified atom stereocenters. The van der Waals surface area contributed by atoms with E-state index in [9.17, 15) is 8.42 Å². The van der Waals surface area contributed by atoms with Crippen LogP contribution in [0.25, 0.3) is 0 Å². The van der Waals surface area contributed by atoms with Crippen LogP contribution in [0.3, 0.4) is 0 Å². The predicted octanol–water partition coefficient (Wildman–Crippen LogP) is 4.12. The number of aryl methyl sites for hydroxylation is 2. The maximum absolute atomic E-state index is 12.6. The van der Waals surface area contributed by atoms with Crippen molar-refractivity contribution >= 4 is 21.5 Å². The average Bonchev–Trinajstić information content (AvgIpc) is 2.67. The predicted molar refractivity (Wildman–Crippen MR) is 111 cm³/mol. The zero-order valence-electron chi connectivity index (χ0n) is 16.1. The molecule has 0 aliphatic rings. The summed E-state index contributed by atoms with van der Waals surface area (Å²) in [6.45, 7) is 4.51. The minimum Gasteiger partial charge on any atom is -0.496 e. The molecule has 1 heterocycles. The van der Waals surface area contributed by atoms with Crippen molar-refractivity contribution in [2.24, 2.45) is 0 Å². The number of pyridine rings is 1. The highest BCUT2D eigenvalue weighted by molar-refractivity contribution is 7.92. The maximum Gasteiger partial charge on any atom is 0.263 e. The van der Waals surface area contributed by atoms with Crippen molar-refractivity contribution < 1.29 is 13.2 Å². The van der Waals surface area contributed by atoms with Crippen LogP contribution in [-0.4, -0.2) is 20.5 Å². The summed E-state index contributed by atoms with van der Waals surface area (Å²) in [4.78, 5) is 4.36. The van der Waals surface area contributed by atoms with Gasteiger partial charge in [-0.3, -0.25) is 4.72 Å². The van der Waals surface area contributed by atoms with Crippen LogP contribution in [0.4, 0.5) is 11.5 Å². The lowest BCUT2D eigenvalue weighted by molar-refractivity contribution is 0.411. The number of benzene rings is 2. The zero-order chi connectivity index (χ0) is 20.1. The molecule has 0 radical (unpaired) electrons. The second kappa shape index (κ2) is 8.31. The van der Waals surface area contributed by atoms with Crippen molar-refractivity contribution in [3.8, 4) is 5.75 Å². The van der Waals surface area contributed by atoms with Crippen LogP contribution in [0.1, 0.15) is 16.7 Å². The van der Waals surface area contributed by atoms with E-state index >= 15 is 0 Å². The summed E-state index contributed by atoms with van der Waals surface area (Å²) in [7, 11) is -2.17. The van der Waals surface area contributed by atoms with E-state index in [1.165, 1.54) is 17.2 Å². The largest absolute Gasteiger partial charge is 0.496 e. The third-order valence-electron chi connectivity index (χ3n) is 4.26. The van der Waals surface area contributed by atoms with Crippen LogP contribution in [0, 0.1) is 13.8 Å². The Kier molecular flexibility index (Phi) is 5.84. The van der Waals surface area contributed by atoms with Crippen LogP contribution in [0.15, 0.2) is 65.7 Å². The molecular formula is C21H23N3O3S. The summed E-state index contributed by atoms with van der Waals surface area (Å²) in [5, 5.41) is 3.28. The van der Waals surface area contributed by atoms with Gasteiger partial charge in [0, 0.05) is 6.54 Å². The van der Waals surface area contributed by atoms with Crippen molar-refractivity contribution in [1.29, 1.82) is 0 Å². The van der Waals surface area contributed by atoms with E-state index in [0.717, 1.165) is 11.3 Å². The SMILES string of the molecule is COc1ccc(S(=O)(=O)Nc2ccc(NCc3cccc(C)c3)cn2)cc1C. The number of rotatable bonds is 7. The summed E-state index contributed by atoms with van der Waals surface area (Å²) in [5.74, 6) is 0.899. The Morgan fingerprint density at radius 3 is 2.50 bits per heavy atom. The molecule has 0 atom stereocenters. The lowest BCUT2D eigenvalue weighted by atomic mass is 10.1. The molecule has 6 nitrogen and oxygen atoms in total. The van der Waals surface area contributed by atoms with Gasteiger partial charge in [0.15, 0.2) is 0 Å². The van der Waals surface area contributed by atoms with Crippen LogP contribution >= 0.6 is 0 Å². The van der Waals surface area contributed by atoms with Gasteiger partial charge in [-0.15, -0.1) is 0 Å². The molecule has 3 rings (SSSR count). The minimum atomic E-state index is -3.72. The smallest absolute Gasteiger partial charge is 0.263 e. The quantitative estimate of drug-likeness (QED) is 0.627. The molecule has 0 spiro atoms. The third kappa shape index (κ3) is 4.80. The van der Waals surface area contributed by atoms with Crippen LogP contribution < -0.4 is 14.8 Å². The van der Waals surface area contributed by atoms with Crippen molar-refractivity contribution in [1.82, 2.24) is 4.98 Å². The van der Waals surface area contributed by atoms with Gasteiger partial charge in [-0.1, -0.05) is 29.8 Å². The number of hydrogen-bond acceptors (Lipinski definition) is 5. The summed E-state index contributed by atoms with van der Waals surface area (Å²) in [6.07, 6.45) is 1.60. The van der Waals surface area contributed by atoms with E-state index in [0.29, 0.717) is 12.3 Å². The highest BCUT2D eigenvalue weighted by Gasteiger charge is 2.16. The molecule has 146 valence electrons. The van der Waals surface area contributed by atoms with E-state index in [1.807, 2.05) is 12.1 Å². The van der Waals surface area contributed by atoms with Gasteiger partial charge in [-0.05, 0) is 55.3 Å². The second-order valence-electron chi connectivity index (χ2n) is 6.51. The highest BCUT2D eigenvalue weighted by Crippen LogP contribution is 2.23. The van der Waals surface area contributed by atoms with E-state index in [-0.39, 0.29) is 10.7 Å². The van der Waals surface area contributed by atoms with Crippen molar-refractivity contribution in [3.05, 3.63) is 77.5 Å². The van der Waals surface area contributed by atoms with Gasteiger partial charge >= 0.3 is 0 Å². The Bertz CT molecular complexity index is 1060. The van der Waals surface area contributed by atoms with Crippen molar-refractivity contribution in [2.75, 3.05) is 17.1 Å². The number of ether oxygens (including phenoxy) is 1. The van der Waals surface area contributed by atoms with Crippen LogP contribution in [0.5, 0.6) is 5.75 Å². The number of anilines is 2. The number of hydrogen-bond donors (Lipinski definition) is 2. The Morgan fingerprint density at radius 2 is 1.86 bits per heavy atom. The fourth-order valence-corrected chi connectivity index (χ4v) is 3.89. The van der Waals surface area contributed by atoms with Gasteiger partial charge in [0.05, 0.1) is 23.9 Å². The molecule has 2 aromatic carbocycles. The maximum atomic E-state index is 12.6. The van der Waals surface area contributed by atoms with Gasteiger partial charge in [-0.2, -0.15) is 0 Å². The summed E-state index contributed by atoms with van der Waals surface area (Å²) in [5.41, 5.74) is 3.93. The second-order valence-corrected chi connectivity index (χ2v) is 8.19. The highest BCUT2D eigenvalue weighted by atomic mass is 32.2. The summed E-state index contributed by atoms with van der Waals surface area (Å²) >= 11 is 0. The number of methoxy groups -OCH3 is 1. The molecule has 0 bridgehead atoms. The van der Waals surface area contributed by atoms with Gasteiger partial charge in [0.2, 0.25) is 0 Å². The van der Waals surface area contributed by atoms with Gasteiger partial charge in [0.1, 0.15) is 11.6 Å². The van der Waals surface area contributed by atoms with E-state index in [4.69, 9.17) is 4.74 Å². The molecule has 3 aromatic rings. The number of nitrogens with zero attached hydrogens (tertiary/aromatic N) is 1. The molecule has 0 fully saturated rings.